The standard InChI is InChI=1S/C17H19ClN2O5S2/c1-24-13-5-4-10(18)7-11(13)20-12-8-27(22,23)9-15(12)26-17(20)19-16(21)14-3-2-6-25-14/h4-5,7,12,14-15H,2-3,6,8-9H2,1H3/t12-,14+,15-/m0/s1. The summed E-state index contributed by atoms with van der Waals surface area (Å²) in [6.45, 7) is 0.559. The number of benzene rings is 1. The van der Waals surface area contributed by atoms with Crippen LogP contribution in [0.5, 0.6) is 5.75 Å². The topological polar surface area (TPSA) is 85.3 Å². The van der Waals surface area contributed by atoms with E-state index in [1.165, 1.54) is 18.9 Å². The molecule has 0 aliphatic carbocycles. The molecule has 1 amide bonds. The molecule has 0 unspecified atom stereocenters. The highest BCUT2D eigenvalue weighted by atomic mass is 35.5. The van der Waals surface area contributed by atoms with Crippen molar-refractivity contribution in [2.24, 2.45) is 4.99 Å². The van der Waals surface area contributed by atoms with Gasteiger partial charge in [-0.25, -0.2) is 8.42 Å². The van der Waals surface area contributed by atoms with Gasteiger partial charge in [0.2, 0.25) is 0 Å². The zero-order valence-electron chi connectivity index (χ0n) is 14.6. The maximum absolute atomic E-state index is 12.5. The summed E-state index contributed by atoms with van der Waals surface area (Å²) in [4.78, 5) is 18.6. The summed E-state index contributed by atoms with van der Waals surface area (Å²) in [5, 5.41) is 0.778. The number of rotatable bonds is 3. The Labute approximate surface area is 167 Å². The Morgan fingerprint density at radius 1 is 1.41 bits per heavy atom. The SMILES string of the molecule is COc1ccc(Cl)cc1N1C(=NC(=O)[C@H]2CCCO2)S[C@H]2CS(=O)(=O)C[C@@H]21. The van der Waals surface area contributed by atoms with Crippen LogP contribution in [0.1, 0.15) is 12.8 Å². The van der Waals surface area contributed by atoms with E-state index < -0.39 is 15.9 Å². The molecule has 3 heterocycles. The van der Waals surface area contributed by atoms with E-state index in [9.17, 15) is 13.2 Å². The fourth-order valence-corrected chi connectivity index (χ4v) is 7.71. The van der Waals surface area contributed by atoms with Crippen molar-refractivity contribution < 1.29 is 22.7 Å². The summed E-state index contributed by atoms with van der Waals surface area (Å²) in [6.07, 6.45) is 0.969. The Kier molecular flexibility index (Phi) is 5.13. The Balaban J connectivity index is 1.75. The number of carbonyl (C=O) groups excluding carboxylic acids is 1. The van der Waals surface area contributed by atoms with Gasteiger partial charge in [-0.05, 0) is 31.0 Å². The summed E-state index contributed by atoms with van der Waals surface area (Å²) in [6, 6.07) is 4.81. The van der Waals surface area contributed by atoms with Crippen LogP contribution in [-0.2, 0) is 19.4 Å². The number of methoxy groups -OCH3 is 1. The molecule has 0 bridgehead atoms. The second-order valence-corrected chi connectivity index (χ2v) is 10.5. The summed E-state index contributed by atoms with van der Waals surface area (Å²) >= 11 is 7.49. The number of nitrogens with zero attached hydrogens (tertiary/aromatic N) is 2. The second kappa shape index (κ2) is 7.27. The molecule has 1 aromatic rings. The molecule has 7 nitrogen and oxygen atoms in total. The number of amides is 1. The number of halogens is 1. The molecule has 0 aromatic heterocycles. The molecule has 27 heavy (non-hydrogen) atoms. The summed E-state index contributed by atoms with van der Waals surface area (Å²) in [7, 11) is -1.61. The number of sulfone groups is 1. The Hall–Kier alpha value is -1.29. The van der Waals surface area contributed by atoms with E-state index in [0.717, 1.165) is 6.42 Å². The van der Waals surface area contributed by atoms with Gasteiger partial charge in [-0.2, -0.15) is 4.99 Å². The van der Waals surface area contributed by atoms with Gasteiger partial charge in [-0.15, -0.1) is 0 Å². The average Bonchev–Trinajstić information content (AvgIpc) is 3.29. The monoisotopic (exact) mass is 430 g/mol. The van der Waals surface area contributed by atoms with Crippen LogP contribution in [0.25, 0.3) is 0 Å². The largest absolute Gasteiger partial charge is 0.495 e. The average molecular weight is 431 g/mol. The minimum atomic E-state index is -3.14. The zero-order chi connectivity index (χ0) is 19.2. The number of amidine groups is 1. The molecule has 0 spiro atoms. The van der Waals surface area contributed by atoms with Gasteiger partial charge < -0.3 is 14.4 Å². The highest BCUT2D eigenvalue weighted by Gasteiger charge is 2.50. The van der Waals surface area contributed by atoms with Gasteiger partial charge in [0.1, 0.15) is 11.9 Å². The molecule has 3 atom stereocenters. The lowest BCUT2D eigenvalue weighted by Crippen LogP contribution is -2.38. The number of anilines is 1. The lowest BCUT2D eigenvalue weighted by atomic mass is 10.2. The van der Waals surface area contributed by atoms with E-state index in [0.29, 0.717) is 34.7 Å². The molecule has 3 aliphatic heterocycles. The molecule has 3 saturated heterocycles. The van der Waals surface area contributed by atoms with Gasteiger partial charge in [0.15, 0.2) is 15.0 Å². The maximum Gasteiger partial charge on any atom is 0.277 e. The first-order valence-corrected chi connectivity index (χ1v) is 11.7. The fraction of sp³-hybridized carbons (Fsp3) is 0.529. The first-order chi connectivity index (χ1) is 12.9. The van der Waals surface area contributed by atoms with Crippen molar-refractivity contribution in [3.05, 3.63) is 23.2 Å². The predicted octanol–water partition coefficient (Wildman–Crippen LogP) is 2.13. The molecular formula is C17H19ClN2O5S2. The highest BCUT2D eigenvalue weighted by molar-refractivity contribution is 8.16. The number of thioether (sulfide) groups is 1. The third kappa shape index (κ3) is 3.70. The van der Waals surface area contributed by atoms with Gasteiger partial charge in [-0.3, -0.25) is 4.79 Å². The summed E-state index contributed by atoms with van der Waals surface area (Å²) < 4.78 is 35.2. The molecule has 0 saturated carbocycles. The van der Waals surface area contributed by atoms with E-state index >= 15 is 0 Å². The number of aliphatic imine (C=N–C) groups is 1. The Bertz CT molecular complexity index is 899. The number of hydrogen-bond acceptors (Lipinski definition) is 6. The number of hydrogen-bond donors (Lipinski definition) is 0. The zero-order valence-corrected chi connectivity index (χ0v) is 17.0. The van der Waals surface area contributed by atoms with Crippen LogP contribution in [0, 0.1) is 0 Å². The summed E-state index contributed by atoms with van der Waals surface area (Å²) in [5.41, 5.74) is 0.612. The molecule has 10 heteroatoms. The van der Waals surface area contributed by atoms with Crippen molar-refractivity contribution in [2.45, 2.75) is 30.2 Å². The molecule has 0 N–H and O–H groups in total. The molecule has 3 aliphatic rings. The van der Waals surface area contributed by atoms with Crippen molar-refractivity contribution >= 4 is 50.0 Å². The molecule has 1 aromatic carbocycles. The Morgan fingerprint density at radius 2 is 2.22 bits per heavy atom. The van der Waals surface area contributed by atoms with Crippen molar-refractivity contribution in [1.82, 2.24) is 0 Å². The van der Waals surface area contributed by atoms with Crippen LogP contribution in [0.15, 0.2) is 23.2 Å². The fourth-order valence-electron chi connectivity index (χ4n) is 3.64. The number of ether oxygens (including phenoxy) is 2. The van der Waals surface area contributed by atoms with Gasteiger partial charge in [0.25, 0.3) is 5.91 Å². The molecule has 4 rings (SSSR count). The van der Waals surface area contributed by atoms with Gasteiger partial charge >= 0.3 is 0 Å². The number of fused-ring (bicyclic) bond motifs is 1. The third-order valence-corrected chi connectivity index (χ3v) is 8.32. The van der Waals surface area contributed by atoms with E-state index in [4.69, 9.17) is 21.1 Å². The van der Waals surface area contributed by atoms with Crippen LogP contribution in [0.2, 0.25) is 5.02 Å². The van der Waals surface area contributed by atoms with Gasteiger partial charge in [-0.1, -0.05) is 23.4 Å². The van der Waals surface area contributed by atoms with Crippen LogP contribution in [0.4, 0.5) is 5.69 Å². The van der Waals surface area contributed by atoms with Crippen molar-refractivity contribution in [3.63, 3.8) is 0 Å². The van der Waals surface area contributed by atoms with E-state index in [1.54, 1.807) is 23.1 Å². The van der Waals surface area contributed by atoms with Crippen LogP contribution < -0.4 is 9.64 Å². The molecule has 146 valence electrons. The quantitative estimate of drug-likeness (QED) is 0.726. The Morgan fingerprint density at radius 3 is 2.93 bits per heavy atom. The van der Waals surface area contributed by atoms with Crippen LogP contribution in [-0.4, -0.2) is 62.1 Å². The molecule has 3 fully saturated rings. The first-order valence-electron chi connectivity index (χ1n) is 8.62. The lowest BCUT2D eigenvalue weighted by molar-refractivity contribution is -0.126. The lowest BCUT2D eigenvalue weighted by Gasteiger charge is -2.26. The predicted molar refractivity (Wildman–Crippen MR) is 106 cm³/mol. The van der Waals surface area contributed by atoms with Crippen molar-refractivity contribution in [1.29, 1.82) is 0 Å². The van der Waals surface area contributed by atoms with E-state index in [-0.39, 0.29) is 28.7 Å². The van der Waals surface area contributed by atoms with E-state index in [2.05, 4.69) is 4.99 Å². The van der Waals surface area contributed by atoms with Gasteiger partial charge in [0.05, 0.1) is 30.3 Å². The van der Waals surface area contributed by atoms with Crippen molar-refractivity contribution in [2.75, 3.05) is 30.1 Å². The maximum atomic E-state index is 12.5. The van der Waals surface area contributed by atoms with E-state index in [1.807, 2.05) is 0 Å². The first kappa shape index (κ1) is 19.0. The minimum Gasteiger partial charge on any atom is -0.495 e. The molecular weight excluding hydrogens is 412 g/mol. The second-order valence-electron chi connectivity index (χ2n) is 6.72. The molecule has 0 radical (unpaired) electrons. The normalized spacial score (nSPS) is 30.7. The third-order valence-electron chi connectivity index (χ3n) is 4.88. The highest BCUT2D eigenvalue weighted by Crippen LogP contribution is 2.44. The smallest absolute Gasteiger partial charge is 0.277 e. The summed E-state index contributed by atoms with van der Waals surface area (Å²) in [5.74, 6) is 0.286. The van der Waals surface area contributed by atoms with Crippen molar-refractivity contribution in [3.8, 4) is 5.75 Å². The van der Waals surface area contributed by atoms with Crippen LogP contribution >= 0.6 is 23.4 Å². The number of carbonyl (C=O) groups is 1. The van der Waals surface area contributed by atoms with Crippen LogP contribution in [0.3, 0.4) is 0 Å². The minimum absolute atomic E-state index is 0.00741. The van der Waals surface area contributed by atoms with Gasteiger partial charge in [0, 0.05) is 16.9 Å².